The Kier molecular flexibility index (Phi) is 4.89. The van der Waals surface area contributed by atoms with Crippen LogP contribution in [-0.2, 0) is 4.79 Å². The highest BCUT2D eigenvalue weighted by atomic mass is 35.5. The van der Waals surface area contributed by atoms with Gasteiger partial charge in [0.25, 0.3) is 0 Å². The van der Waals surface area contributed by atoms with Gasteiger partial charge in [-0.25, -0.2) is 0 Å². The average Bonchev–Trinajstić information content (AvgIpc) is 2.45. The highest BCUT2D eigenvalue weighted by Gasteiger charge is 2.30. The molecule has 1 aromatic rings. The molecule has 0 saturated heterocycles. The van der Waals surface area contributed by atoms with E-state index in [1.54, 1.807) is 12.1 Å². The van der Waals surface area contributed by atoms with Gasteiger partial charge in [0.1, 0.15) is 0 Å². The number of allylic oxidation sites excluding steroid dienone is 1. The molecule has 0 saturated carbocycles. The van der Waals surface area contributed by atoms with Gasteiger partial charge in [-0.15, -0.1) is 18.3 Å². The Labute approximate surface area is 127 Å². The van der Waals surface area contributed by atoms with Gasteiger partial charge in [-0.2, -0.15) is 5.26 Å². The Morgan fingerprint density at radius 3 is 2.95 bits per heavy atom. The van der Waals surface area contributed by atoms with E-state index in [0.717, 1.165) is 5.56 Å². The summed E-state index contributed by atoms with van der Waals surface area (Å²) >= 11 is 7.60. The molecular weight excluding hydrogens is 292 g/mol. The summed E-state index contributed by atoms with van der Waals surface area (Å²) in [6.07, 6.45) is 1.97. The molecule has 0 radical (unpaired) electrons. The quantitative estimate of drug-likeness (QED) is 0.865. The van der Waals surface area contributed by atoms with Crippen molar-refractivity contribution in [2.75, 3.05) is 5.75 Å². The van der Waals surface area contributed by atoms with E-state index in [9.17, 15) is 10.1 Å². The molecule has 1 amide bonds. The number of nitrogens with zero attached hydrogens (tertiary/aromatic N) is 1. The molecule has 3 nitrogen and oxygen atoms in total. The van der Waals surface area contributed by atoms with Crippen LogP contribution in [0.2, 0.25) is 5.02 Å². The van der Waals surface area contributed by atoms with Gasteiger partial charge in [0, 0.05) is 23.1 Å². The number of hydrogen-bond donors (Lipinski definition) is 1. The summed E-state index contributed by atoms with van der Waals surface area (Å²) in [5.74, 6) is 0.256. The second-order valence-corrected chi connectivity index (χ2v) is 5.72. The summed E-state index contributed by atoms with van der Waals surface area (Å²) in [4.78, 5) is 11.9. The van der Waals surface area contributed by atoms with Crippen LogP contribution >= 0.6 is 23.4 Å². The van der Waals surface area contributed by atoms with Gasteiger partial charge in [0.15, 0.2) is 0 Å². The van der Waals surface area contributed by atoms with E-state index in [0.29, 0.717) is 21.4 Å². The van der Waals surface area contributed by atoms with E-state index in [4.69, 9.17) is 11.6 Å². The van der Waals surface area contributed by atoms with E-state index < -0.39 is 0 Å². The number of thioether (sulfide) groups is 1. The predicted molar refractivity (Wildman–Crippen MR) is 82.2 cm³/mol. The van der Waals surface area contributed by atoms with E-state index in [1.807, 2.05) is 18.2 Å². The van der Waals surface area contributed by atoms with Crippen molar-refractivity contribution in [2.45, 2.75) is 12.3 Å². The molecule has 0 aliphatic carbocycles. The lowest BCUT2D eigenvalue weighted by atomic mass is 9.87. The minimum Gasteiger partial charge on any atom is -0.320 e. The van der Waals surface area contributed by atoms with Crippen molar-refractivity contribution in [3.8, 4) is 6.07 Å². The highest BCUT2D eigenvalue weighted by Crippen LogP contribution is 2.38. The summed E-state index contributed by atoms with van der Waals surface area (Å²) in [6, 6.07) is 9.53. The number of rotatable bonds is 4. The first-order valence-corrected chi connectivity index (χ1v) is 7.46. The Morgan fingerprint density at radius 1 is 1.55 bits per heavy atom. The molecule has 0 spiro atoms. The number of nitriles is 1. The SMILES string of the molecule is C=CCSC1=C(C#N)[C@@H](c2ccccc2Cl)CC(=O)N1. The summed E-state index contributed by atoms with van der Waals surface area (Å²) in [5, 5.41) is 13.4. The molecule has 0 unspecified atom stereocenters. The molecule has 1 atom stereocenters. The van der Waals surface area contributed by atoms with Crippen LogP contribution in [0.3, 0.4) is 0 Å². The third kappa shape index (κ3) is 3.06. The van der Waals surface area contributed by atoms with Gasteiger partial charge in [-0.3, -0.25) is 4.79 Å². The monoisotopic (exact) mass is 304 g/mol. The van der Waals surface area contributed by atoms with Crippen LogP contribution in [0, 0.1) is 11.3 Å². The molecule has 1 heterocycles. The van der Waals surface area contributed by atoms with Gasteiger partial charge in [-0.1, -0.05) is 35.9 Å². The molecule has 1 aliphatic heterocycles. The lowest BCUT2D eigenvalue weighted by Crippen LogP contribution is -2.31. The maximum atomic E-state index is 11.9. The third-order valence-corrected chi connectivity index (χ3v) is 4.34. The van der Waals surface area contributed by atoms with E-state index in [1.165, 1.54) is 11.8 Å². The average molecular weight is 305 g/mol. The van der Waals surface area contributed by atoms with Crippen LogP contribution in [0.4, 0.5) is 0 Å². The summed E-state index contributed by atoms with van der Waals surface area (Å²) in [7, 11) is 0. The molecule has 0 bridgehead atoms. The van der Waals surface area contributed by atoms with Crippen molar-refractivity contribution in [2.24, 2.45) is 0 Å². The third-order valence-electron chi connectivity index (χ3n) is 2.98. The first kappa shape index (κ1) is 14.7. The minimum absolute atomic E-state index is 0.0968. The van der Waals surface area contributed by atoms with Crippen LogP contribution < -0.4 is 5.32 Å². The number of carbonyl (C=O) groups excluding carboxylic acids is 1. The van der Waals surface area contributed by atoms with Crippen LogP contribution in [0.25, 0.3) is 0 Å². The zero-order chi connectivity index (χ0) is 14.5. The summed E-state index contributed by atoms with van der Waals surface area (Å²) in [6.45, 7) is 3.65. The Balaban J connectivity index is 2.45. The van der Waals surface area contributed by atoms with Crippen molar-refractivity contribution in [1.29, 1.82) is 5.26 Å². The molecule has 20 heavy (non-hydrogen) atoms. The second-order valence-electron chi connectivity index (χ2n) is 4.28. The van der Waals surface area contributed by atoms with Crippen LogP contribution in [0.5, 0.6) is 0 Å². The fourth-order valence-electron chi connectivity index (χ4n) is 2.10. The summed E-state index contributed by atoms with van der Waals surface area (Å²) < 4.78 is 0. The first-order valence-electron chi connectivity index (χ1n) is 6.09. The normalized spacial score (nSPS) is 18.4. The zero-order valence-electron chi connectivity index (χ0n) is 10.7. The number of hydrogen-bond acceptors (Lipinski definition) is 3. The van der Waals surface area contributed by atoms with Crippen LogP contribution in [0.15, 0.2) is 47.5 Å². The van der Waals surface area contributed by atoms with Gasteiger partial charge in [-0.05, 0) is 11.6 Å². The van der Waals surface area contributed by atoms with Crippen molar-refractivity contribution >= 4 is 29.3 Å². The zero-order valence-corrected chi connectivity index (χ0v) is 12.3. The fourth-order valence-corrected chi connectivity index (χ4v) is 3.18. The molecule has 0 fully saturated rings. The van der Waals surface area contributed by atoms with Crippen molar-refractivity contribution < 1.29 is 4.79 Å². The number of benzene rings is 1. The lowest BCUT2D eigenvalue weighted by molar-refractivity contribution is -0.120. The highest BCUT2D eigenvalue weighted by molar-refractivity contribution is 8.03. The lowest BCUT2D eigenvalue weighted by Gasteiger charge is -2.25. The maximum absolute atomic E-state index is 11.9. The number of amides is 1. The second kappa shape index (κ2) is 6.65. The topological polar surface area (TPSA) is 52.9 Å². The molecule has 1 aromatic carbocycles. The molecule has 2 rings (SSSR count). The number of carbonyl (C=O) groups is 1. The van der Waals surface area contributed by atoms with Crippen LogP contribution in [0.1, 0.15) is 17.9 Å². The maximum Gasteiger partial charge on any atom is 0.225 e. The van der Waals surface area contributed by atoms with Gasteiger partial charge >= 0.3 is 0 Å². The van der Waals surface area contributed by atoms with Crippen molar-refractivity contribution in [1.82, 2.24) is 5.32 Å². The van der Waals surface area contributed by atoms with E-state index in [2.05, 4.69) is 18.0 Å². The van der Waals surface area contributed by atoms with Crippen molar-refractivity contribution in [3.63, 3.8) is 0 Å². The van der Waals surface area contributed by atoms with E-state index in [-0.39, 0.29) is 18.2 Å². The fraction of sp³-hybridized carbons (Fsp3) is 0.200. The van der Waals surface area contributed by atoms with Gasteiger partial charge in [0.2, 0.25) is 5.91 Å². The molecule has 102 valence electrons. The minimum atomic E-state index is -0.283. The number of nitrogens with one attached hydrogen (secondary N) is 1. The number of halogens is 1. The summed E-state index contributed by atoms with van der Waals surface area (Å²) in [5.41, 5.74) is 1.38. The molecular formula is C15H13ClN2OS. The van der Waals surface area contributed by atoms with Crippen LogP contribution in [-0.4, -0.2) is 11.7 Å². The molecule has 0 aromatic heterocycles. The van der Waals surface area contributed by atoms with Gasteiger partial charge < -0.3 is 5.32 Å². The van der Waals surface area contributed by atoms with Gasteiger partial charge in [0.05, 0.1) is 16.7 Å². The molecule has 1 aliphatic rings. The first-order chi connectivity index (χ1) is 9.67. The Morgan fingerprint density at radius 2 is 2.30 bits per heavy atom. The standard InChI is InChI=1S/C15H13ClN2OS/c1-2-7-20-15-12(9-17)11(8-14(19)18-15)10-5-3-4-6-13(10)16/h2-6,11H,1,7-8H2,(H,18,19)/t11-/m1/s1. The molecule has 5 heteroatoms. The predicted octanol–water partition coefficient (Wildman–Crippen LogP) is 3.60. The Hall–Kier alpha value is -1.70. The smallest absolute Gasteiger partial charge is 0.225 e. The van der Waals surface area contributed by atoms with E-state index >= 15 is 0 Å². The molecule has 1 N–H and O–H groups in total. The Bertz CT molecular complexity index is 619. The van der Waals surface area contributed by atoms with Crippen molar-refractivity contribution in [3.05, 3.63) is 58.1 Å². The largest absolute Gasteiger partial charge is 0.320 e.